The Kier molecular flexibility index (Phi) is 8.31. The van der Waals surface area contributed by atoms with E-state index in [2.05, 4.69) is 30.6 Å². The van der Waals surface area contributed by atoms with E-state index < -0.39 is 11.7 Å². The normalized spacial score (nSPS) is 14.5. The third-order valence-corrected chi connectivity index (χ3v) is 7.29. The van der Waals surface area contributed by atoms with E-state index in [1.165, 1.54) is 23.5 Å². The van der Waals surface area contributed by atoms with Crippen LogP contribution in [0.25, 0.3) is 0 Å². The highest BCUT2D eigenvalue weighted by atomic mass is 32.2. The number of aliphatic hydroxyl groups is 1. The Morgan fingerprint density at radius 3 is 2.40 bits per heavy atom. The smallest absolute Gasteiger partial charge is 0.416 e. The summed E-state index contributed by atoms with van der Waals surface area (Å²) in [6.07, 6.45) is -2.54. The predicted molar refractivity (Wildman–Crippen MR) is 140 cm³/mol. The highest BCUT2D eigenvalue weighted by Gasteiger charge is 2.32. The Morgan fingerprint density at radius 1 is 1.06 bits per heavy atom. The monoisotopic (exact) mass is 500 g/mol. The molecular formula is C28H31F3N2OS. The van der Waals surface area contributed by atoms with Crippen molar-refractivity contribution in [3.63, 3.8) is 0 Å². The summed E-state index contributed by atoms with van der Waals surface area (Å²) in [5, 5.41) is 9.30. The molecule has 0 radical (unpaired) electrons. The number of alkyl halides is 3. The van der Waals surface area contributed by atoms with Crippen molar-refractivity contribution in [3.05, 3.63) is 81.8 Å². The van der Waals surface area contributed by atoms with Crippen molar-refractivity contribution < 1.29 is 18.3 Å². The molecule has 0 atom stereocenters. The first kappa shape index (κ1) is 26.8. The van der Waals surface area contributed by atoms with E-state index in [1.807, 2.05) is 20.8 Å². The molecule has 35 heavy (non-hydrogen) atoms. The number of hydrogen-bond donors (Lipinski definition) is 1. The lowest BCUT2D eigenvalue weighted by molar-refractivity contribution is -0.138. The van der Waals surface area contributed by atoms with Crippen molar-refractivity contribution in [2.75, 3.05) is 5.75 Å². The molecule has 3 nitrogen and oxygen atoms in total. The summed E-state index contributed by atoms with van der Waals surface area (Å²) < 4.78 is 39.3. The predicted octanol–water partition coefficient (Wildman–Crippen LogP) is 8.83. The second-order valence-corrected chi connectivity index (χ2v) is 10.1. The molecule has 7 heteroatoms. The summed E-state index contributed by atoms with van der Waals surface area (Å²) in [6, 6.07) is 8.47. The van der Waals surface area contributed by atoms with Crippen LogP contribution in [-0.2, 0) is 6.18 Å². The number of allylic oxidation sites excluding steroid dienone is 2. The van der Waals surface area contributed by atoms with Gasteiger partial charge in [0.2, 0.25) is 0 Å². The quantitative estimate of drug-likeness (QED) is 0.224. The Labute approximate surface area is 209 Å². The molecule has 3 rings (SSSR count). The topological polar surface area (TPSA) is 45.0 Å². The molecule has 0 amide bonds. The fourth-order valence-electron chi connectivity index (χ4n) is 3.94. The van der Waals surface area contributed by atoms with Gasteiger partial charge in [0.25, 0.3) is 0 Å². The van der Waals surface area contributed by atoms with E-state index in [9.17, 15) is 18.3 Å². The molecule has 2 aromatic rings. The SMILES string of the molecule is C=C(O)CCC(C)=Nc1cc(C)c(SCC2=C(C)N=C(c3ccc(C(F)(F)F)c(C)c3)C2)cc1C. The first-order valence-corrected chi connectivity index (χ1v) is 12.4. The van der Waals surface area contributed by atoms with Crippen LogP contribution >= 0.6 is 11.8 Å². The van der Waals surface area contributed by atoms with Crippen molar-refractivity contribution in [1.29, 1.82) is 0 Å². The van der Waals surface area contributed by atoms with Gasteiger partial charge in [0.05, 0.1) is 22.7 Å². The lowest BCUT2D eigenvalue weighted by Crippen LogP contribution is -2.09. The van der Waals surface area contributed by atoms with Crippen molar-refractivity contribution in [3.8, 4) is 0 Å². The van der Waals surface area contributed by atoms with Crippen LogP contribution in [0.4, 0.5) is 18.9 Å². The van der Waals surface area contributed by atoms with Gasteiger partial charge in [0.1, 0.15) is 0 Å². The van der Waals surface area contributed by atoms with Crippen LogP contribution in [0.1, 0.15) is 60.9 Å². The van der Waals surface area contributed by atoms with Gasteiger partial charge >= 0.3 is 6.18 Å². The number of hydrogen-bond acceptors (Lipinski definition) is 4. The molecule has 0 aromatic heterocycles. The Hall–Kier alpha value is -2.80. The number of halogens is 3. The van der Waals surface area contributed by atoms with Crippen LogP contribution in [0.15, 0.2) is 68.8 Å². The zero-order valence-electron chi connectivity index (χ0n) is 20.8. The molecule has 1 heterocycles. The number of aliphatic imine (C=N–C) groups is 2. The minimum absolute atomic E-state index is 0.163. The summed E-state index contributed by atoms with van der Waals surface area (Å²) >= 11 is 1.74. The van der Waals surface area contributed by atoms with E-state index in [1.54, 1.807) is 17.8 Å². The summed E-state index contributed by atoms with van der Waals surface area (Å²) in [5.74, 6) is 0.926. The molecule has 1 aliphatic rings. The number of benzene rings is 2. The number of rotatable bonds is 8. The highest BCUT2D eigenvalue weighted by molar-refractivity contribution is 7.99. The molecule has 0 aliphatic carbocycles. The molecule has 0 fully saturated rings. The van der Waals surface area contributed by atoms with Gasteiger partial charge in [0, 0.05) is 34.9 Å². The lowest BCUT2D eigenvalue weighted by atomic mass is 9.99. The molecular weight excluding hydrogens is 469 g/mol. The summed E-state index contributed by atoms with van der Waals surface area (Å²) in [4.78, 5) is 10.5. The van der Waals surface area contributed by atoms with Crippen LogP contribution < -0.4 is 0 Å². The van der Waals surface area contributed by atoms with Crippen molar-refractivity contribution in [2.24, 2.45) is 9.98 Å². The van der Waals surface area contributed by atoms with Gasteiger partial charge in [-0.05, 0) is 93.1 Å². The Bertz CT molecular complexity index is 1240. The van der Waals surface area contributed by atoms with Gasteiger partial charge in [-0.25, -0.2) is 0 Å². The largest absolute Gasteiger partial charge is 0.513 e. The second kappa shape index (κ2) is 10.9. The van der Waals surface area contributed by atoms with Crippen LogP contribution in [0, 0.1) is 20.8 Å². The summed E-state index contributed by atoms with van der Waals surface area (Å²) in [5.41, 5.74) is 7.35. The van der Waals surface area contributed by atoms with Crippen LogP contribution in [-0.4, -0.2) is 22.3 Å². The Balaban J connectivity index is 1.67. The van der Waals surface area contributed by atoms with E-state index in [-0.39, 0.29) is 11.3 Å². The first-order chi connectivity index (χ1) is 16.3. The van der Waals surface area contributed by atoms with Crippen LogP contribution in [0.2, 0.25) is 0 Å². The third-order valence-electron chi connectivity index (χ3n) is 6.04. The minimum Gasteiger partial charge on any atom is -0.513 e. The molecule has 0 spiro atoms. The third kappa shape index (κ3) is 6.88. The van der Waals surface area contributed by atoms with Gasteiger partial charge < -0.3 is 5.11 Å². The molecule has 1 N–H and O–H groups in total. The fraction of sp³-hybridized carbons (Fsp3) is 0.357. The van der Waals surface area contributed by atoms with Gasteiger partial charge in [-0.3, -0.25) is 9.98 Å². The summed E-state index contributed by atoms with van der Waals surface area (Å²) in [7, 11) is 0. The average molecular weight is 501 g/mol. The zero-order valence-corrected chi connectivity index (χ0v) is 21.6. The van der Waals surface area contributed by atoms with Gasteiger partial charge in [-0.2, -0.15) is 13.2 Å². The van der Waals surface area contributed by atoms with E-state index in [0.29, 0.717) is 19.3 Å². The molecule has 0 bridgehead atoms. The van der Waals surface area contributed by atoms with E-state index in [4.69, 9.17) is 4.99 Å². The molecule has 1 aliphatic heterocycles. The number of aliphatic hydroxyl groups excluding tert-OH is 1. The van der Waals surface area contributed by atoms with E-state index in [0.717, 1.165) is 51.3 Å². The highest BCUT2D eigenvalue weighted by Crippen LogP contribution is 2.36. The number of nitrogens with zero attached hydrogens (tertiary/aromatic N) is 2. The second-order valence-electron chi connectivity index (χ2n) is 9.06. The van der Waals surface area contributed by atoms with Crippen LogP contribution in [0.3, 0.4) is 0 Å². The molecule has 0 unspecified atom stereocenters. The maximum atomic E-state index is 13.1. The van der Waals surface area contributed by atoms with Crippen LogP contribution in [0.5, 0.6) is 0 Å². The molecule has 186 valence electrons. The number of thioether (sulfide) groups is 1. The van der Waals surface area contributed by atoms with Gasteiger partial charge in [-0.1, -0.05) is 12.6 Å². The minimum atomic E-state index is -4.35. The molecule has 2 aromatic carbocycles. The van der Waals surface area contributed by atoms with Crippen molar-refractivity contribution in [1.82, 2.24) is 0 Å². The molecule has 0 saturated carbocycles. The van der Waals surface area contributed by atoms with Crippen molar-refractivity contribution in [2.45, 2.75) is 65.0 Å². The van der Waals surface area contributed by atoms with Crippen molar-refractivity contribution >= 4 is 28.9 Å². The Morgan fingerprint density at radius 2 is 1.77 bits per heavy atom. The summed E-state index contributed by atoms with van der Waals surface area (Å²) in [6.45, 7) is 13.0. The van der Waals surface area contributed by atoms with Gasteiger partial charge in [-0.15, -0.1) is 11.8 Å². The zero-order chi connectivity index (χ0) is 25.9. The molecule has 0 saturated heterocycles. The van der Waals surface area contributed by atoms with Gasteiger partial charge in [0.15, 0.2) is 0 Å². The number of aryl methyl sites for hydroxylation is 3. The standard InChI is InChI=1S/C28H31F3N2OS/c1-16-11-22(9-10-24(16)28(29,30)31)26-14-23(21(6)33-26)15-35-27-13-17(2)25(12-18(27)3)32-19(4)7-8-20(5)34/h9-13,34H,5,7-8,14-15H2,1-4,6H3. The average Bonchev–Trinajstić information content (AvgIpc) is 3.13. The lowest BCUT2D eigenvalue weighted by Gasteiger charge is -2.12. The first-order valence-electron chi connectivity index (χ1n) is 11.4. The fourth-order valence-corrected chi connectivity index (χ4v) is 5.12. The maximum Gasteiger partial charge on any atom is 0.416 e. The maximum absolute atomic E-state index is 13.1. The van der Waals surface area contributed by atoms with E-state index >= 15 is 0 Å².